The molecule has 7 aromatic carbocycles. The number of fused-ring (bicyclic) bond motifs is 9. The molecule has 0 saturated heterocycles. The van der Waals surface area contributed by atoms with E-state index >= 15 is 0 Å². The molecule has 0 spiro atoms. The van der Waals surface area contributed by atoms with Crippen molar-refractivity contribution >= 4 is 66.9 Å². The highest BCUT2D eigenvalue weighted by atomic mass is 15.1. The maximum absolute atomic E-state index is 2.53. The summed E-state index contributed by atoms with van der Waals surface area (Å²) >= 11 is 0. The zero-order valence-corrected chi connectivity index (χ0v) is 35.0. The SMILES string of the molecule is CC1CC=Cc2c1c(N(c1ccc(-n3c4ccccc4c4ccccc43)cc1)c1cccc(C3=C4C=CC=CC4C4(C)C=CC=CC4=C3c3ccccc3)c1)cc1ccccc21. The van der Waals surface area contributed by atoms with Crippen molar-refractivity contribution in [3.63, 3.8) is 0 Å². The molecule has 2 heteroatoms. The van der Waals surface area contributed by atoms with Gasteiger partial charge in [-0.1, -0.05) is 178 Å². The molecule has 0 radical (unpaired) electrons. The van der Waals surface area contributed by atoms with E-state index in [0.29, 0.717) is 5.92 Å². The topological polar surface area (TPSA) is 8.17 Å². The number of hydrogen-bond donors (Lipinski definition) is 0. The molecule has 0 fully saturated rings. The smallest absolute Gasteiger partial charge is 0.0541 e. The second kappa shape index (κ2) is 14.4. The van der Waals surface area contributed by atoms with Gasteiger partial charge in [-0.2, -0.15) is 0 Å². The first-order valence-corrected chi connectivity index (χ1v) is 22.0. The molecule has 12 rings (SSSR count). The van der Waals surface area contributed by atoms with Crippen LogP contribution in [0.3, 0.4) is 0 Å². The number of para-hydroxylation sites is 2. The van der Waals surface area contributed by atoms with Crippen molar-refractivity contribution < 1.29 is 0 Å². The van der Waals surface area contributed by atoms with E-state index in [2.05, 4.69) is 242 Å². The molecule has 62 heavy (non-hydrogen) atoms. The van der Waals surface area contributed by atoms with Crippen molar-refractivity contribution in [2.24, 2.45) is 11.3 Å². The Morgan fingerprint density at radius 3 is 2.06 bits per heavy atom. The molecule has 296 valence electrons. The van der Waals surface area contributed by atoms with Crippen molar-refractivity contribution in [1.29, 1.82) is 0 Å². The summed E-state index contributed by atoms with van der Waals surface area (Å²) in [5, 5.41) is 5.08. The van der Waals surface area contributed by atoms with E-state index in [4.69, 9.17) is 0 Å². The van der Waals surface area contributed by atoms with E-state index in [9.17, 15) is 0 Å². The summed E-state index contributed by atoms with van der Waals surface area (Å²) < 4.78 is 2.41. The highest BCUT2D eigenvalue weighted by molar-refractivity contribution is 6.12. The fourth-order valence-corrected chi connectivity index (χ4v) is 11.0. The molecular weight excluding hydrogens is 749 g/mol. The van der Waals surface area contributed by atoms with Gasteiger partial charge >= 0.3 is 0 Å². The van der Waals surface area contributed by atoms with Gasteiger partial charge in [0.1, 0.15) is 0 Å². The second-order valence-corrected chi connectivity index (χ2v) is 17.5. The first kappa shape index (κ1) is 36.4. The van der Waals surface area contributed by atoms with Crippen LogP contribution in [0, 0.1) is 11.3 Å². The number of nitrogens with zero attached hydrogens (tertiary/aromatic N) is 2. The maximum Gasteiger partial charge on any atom is 0.0541 e. The van der Waals surface area contributed by atoms with Crippen LogP contribution >= 0.6 is 0 Å². The Labute approximate surface area is 363 Å². The zero-order chi connectivity index (χ0) is 41.4. The minimum Gasteiger partial charge on any atom is -0.310 e. The molecule has 2 nitrogen and oxygen atoms in total. The van der Waals surface area contributed by atoms with Crippen LogP contribution in [0.5, 0.6) is 0 Å². The zero-order valence-electron chi connectivity index (χ0n) is 35.0. The van der Waals surface area contributed by atoms with Crippen LogP contribution in [-0.4, -0.2) is 4.57 Å². The standard InChI is InChI=1S/C60H46N2/c1-40-18-16-28-50-47-24-7-6-21-42(47)39-56(57(40)50)61(44-33-35-45(36-34-44)62-54-31-12-9-25-48(54)49-26-10-13-32-55(49)62)46-23-17-22-43(38-46)58-51-27-8-11-29-52(51)60(2)37-15-14-30-53(60)59(58)41-19-4-3-5-20-41/h3-17,19-40,52H,18H2,1-2H3. The Hall–Kier alpha value is -7.42. The Morgan fingerprint density at radius 2 is 1.27 bits per heavy atom. The van der Waals surface area contributed by atoms with Gasteiger partial charge < -0.3 is 9.47 Å². The predicted molar refractivity (Wildman–Crippen MR) is 263 cm³/mol. The van der Waals surface area contributed by atoms with Crippen LogP contribution < -0.4 is 4.90 Å². The van der Waals surface area contributed by atoms with Gasteiger partial charge in [-0.3, -0.25) is 0 Å². The summed E-state index contributed by atoms with van der Waals surface area (Å²) in [5.41, 5.74) is 17.4. The normalized spacial score (nSPS) is 20.0. The number of hydrogen-bond acceptors (Lipinski definition) is 1. The van der Waals surface area contributed by atoms with Gasteiger partial charge in [0.05, 0.1) is 16.7 Å². The predicted octanol–water partition coefficient (Wildman–Crippen LogP) is 16.0. The Bertz CT molecular complexity index is 3290. The summed E-state index contributed by atoms with van der Waals surface area (Å²) in [4.78, 5) is 2.53. The maximum atomic E-state index is 2.53. The quantitative estimate of drug-likeness (QED) is 0.163. The largest absolute Gasteiger partial charge is 0.310 e. The first-order valence-electron chi connectivity index (χ1n) is 22.0. The summed E-state index contributed by atoms with van der Waals surface area (Å²) in [5.74, 6) is 0.554. The molecule has 1 heterocycles. The third-order valence-corrected chi connectivity index (χ3v) is 13.9. The molecule has 8 aromatic rings. The van der Waals surface area contributed by atoms with E-state index < -0.39 is 0 Å². The van der Waals surface area contributed by atoms with Crippen LogP contribution in [-0.2, 0) is 0 Å². The van der Waals surface area contributed by atoms with E-state index in [1.165, 1.54) is 82.8 Å². The second-order valence-electron chi connectivity index (χ2n) is 17.5. The number of allylic oxidation sites excluding steroid dienone is 13. The van der Waals surface area contributed by atoms with Crippen LogP contribution in [0.1, 0.15) is 48.4 Å². The molecule has 0 aliphatic heterocycles. The van der Waals surface area contributed by atoms with E-state index in [0.717, 1.165) is 23.5 Å². The van der Waals surface area contributed by atoms with Gasteiger partial charge in [-0.15, -0.1) is 0 Å². The highest BCUT2D eigenvalue weighted by Crippen LogP contribution is 2.57. The van der Waals surface area contributed by atoms with Gasteiger partial charge in [0.25, 0.3) is 0 Å². The van der Waals surface area contributed by atoms with Gasteiger partial charge in [-0.05, 0) is 122 Å². The summed E-state index contributed by atoms with van der Waals surface area (Å²) in [6.07, 6.45) is 24.2. The van der Waals surface area contributed by atoms with Crippen molar-refractivity contribution in [1.82, 2.24) is 4.57 Å². The lowest BCUT2D eigenvalue weighted by Gasteiger charge is -2.45. The molecule has 1 aromatic heterocycles. The van der Waals surface area contributed by atoms with Crippen LogP contribution in [0.2, 0.25) is 0 Å². The summed E-state index contributed by atoms with van der Waals surface area (Å²) in [6.45, 7) is 4.80. The lowest BCUT2D eigenvalue weighted by atomic mass is 9.58. The van der Waals surface area contributed by atoms with E-state index in [1.54, 1.807) is 0 Å². The van der Waals surface area contributed by atoms with E-state index in [-0.39, 0.29) is 11.3 Å². The average Bonchev–Trinajstić information content (AvgIpc) is 3.66. The first-order chi connectivity index (χ1) is 30.6. The average molecular weight is 795 g/mol. The molecule has 0 N–H and O–H groups in total. The summed E-state index contributed by atoms with van der Waals surface area (Å²) in [6, 6.07) is 58.5. The number of anilines is 3. The van der Waals surface area contributed by atoms with Gasteiger partial charge in [0.15, 0.2) is 0 Å². The molecule has 0 amide bonds. The fourth-order valence-electron chi connectivity index (χ4n) is 11.0. The third-order valence-electron chi connectivity index (χ3n) is 13.9. The molecular formula is C60H46N2. The van der Waals surface area contributed by atoms with Crippen molar-refractivity contribution in [3.8, 4) is 5.69 Å². The highest BCUT2D eigenvalue weighted by Gasteiger charge is 2.43. The number of benzene rings is 7. The van der Waals surface area contributed by atoms with Gasteiger partial charge in [-0.25, -0.2) is 0 Å². The van der Waals surface area contributed by atoms with Gasteiger partial charge in [0, 0.05) is 39.2 Å². The minimum absolute atomic E-state index is 0.171. The van der Waals surface area contributed by atoms with Crippen molar-refractivity contribution in [2.45, 2.75) is 26.2 Å². The lowest BCUT2D eigenvalue weighted by Crippen LogP contribution is -2.33. The molecule has 4 aliphatic carbocycles. The van der Waals surface area contributed by atoms with Gasteiger partial charge in [0.2, 0.25) is 0 Å². The van der Waals surface area contributed by atoms with Crippen molar-refractivity contribution in [3.05, 3.63) is 246 Å². The molecule has 0 bridgehead atoms. The Morgan fingerprint density at radius 1 is 0.581 bits per heavy atom. The number of rotatable bonds is 6. The molecule has 0 saturated carbocycles. The molecule has 3 unspecified atom stereocenters. The summed E-state index contributed by atoms with van der Waals surface area (Å²) in [7, 11) is 0. The van der Waals surface area contributed by atoms with Crippen LogP contribution in [0.4, 0.5) is 17.1 Å². The Kier molecular flexibility index (Phi) is 8.44. The van der Waals surface area contributed by atoms with Crippen molar-refractivity contribution in [2.75, 3.05) is 4.90 Å². The molecule has 4 aliphatic rings. The van der Waals surface area contributed by atoms with Crippen LogP contribution in [0.25, 0.3) is 55.5 Å². The Balaban J connectivity index is 1.09. The van der Waals surface area contributed by atoms with Crippen LogP contribution in [0.15, 0.2) is 224 Å². The number of aromatic nitrogens is 1. The fraction of sp³-hybridized carbons (Fsp3) is 0.100. The molecule has 3 atom stereocenters. The lowest BCUT2D eigenvalue weighted by molar-refractivity contribution is 0.424. The minimum atomic E-state index is -0.171. The third kappa shape index (κ3) is 5.56. The van der Waals surface area contributed by atoms with E-state index in [1.807, 2.05) is 0 Å². The monoisotopic (exact) mass is 794 g/mol.